The number of amides is 2. The Balaban J connectivity index is 1.83. The van der Waals surface area contributed by atoms with Crippen molar-refractivity contribution in [2.45, 2.75) is 12.5 Å². The monoisotopic (exact) mass is 370 g/mol. The predicted octanol–water partition coefficient (Wildman–Crippen LogP) is 1.19. The molecule has 0 aliphatic heterocycles. The third kappa shape index (κ3) is 3.83. The number of nitrogens with two attached hydrogens (primary N) is 1. The topological polar surface area (TPSA) is 128 Å². The lowest BCUT2D eigenvalue weighted by molar-refractivity contribution is -0.137. The summed E-state index contributed by atoms with van der Waals surface area (Å²) in [5.74, 6) is -2.59. The Labute approximate surface area is 152 Å². The van der Waals surface area contributed by atoms with Gasteiger partial charge < -0.3 is 15.6 Å². The molecule has 3 aromatic rings. The first-order chi connectivity index (χ1) is 12.6. The van der Waals surface area contributed by atoms with Gasteiger partial charge in [-0.25, -0.2) is 0 Å². The Hall–Kier alpha value is -3.33. The zero-order valence-corrected chi connectivity index (χ0v) is 14.2. The van der Waals surface area contributed by atoms with Crippen molar-refractivity contribution in [1.29, 1.82) is 0 Å². The first-order valence-corrected chi connectivity index (χ1v) is 8.52. The van der Waals surface area contributed by atoms with E-state index in [1.807, 2.05) is 10.8 Å². The van der Waals surface area contributed by atoms with Crippen LogP contribution in [0.4, 0.5) is 0 Å². The number of hydrogen-bond acceptors (Lipinski definition) is 7. The molecule has 0 aliphatic rings. The summed E-state index contributed by atoms with van der Waals surface area (Å²) in [6.45, 7) is 0. The van der Waals surface area contributed by atoms with Gasteiger partial charge in [0.05, 0.1) is 5.69 Å². The second-order valence-corrected chi connectivity index (χ2v) is 6.16. The molecule has 9 heteroatoms. The molecule has 3 N–H and O–H groups in total. The molecule has 0 radical (unpaired) electrons. The molecule has 132 valence electrons. The van der Waals surface area contributed by atoms with Crippen LogP contribution in [-0.2, 0) is 16.0 Å². The lowest BCUT2D eigenvalue weighted by Gasteiger charge is -2.15. The quantitative estimate of drug-likeness (QED) is 0.601. The molecular weight excluding hydrogens is 356 g/mol. The van der Waals surface area contributed by atoms with Crippen molar-refractivity contribution in [3.8, 4) is 11.4 Å². The summed E-state index contributed by atoms with van der Waals surface area (Å²) in [4.78, 5) is 40.2. The molecular formula is C17H14N4O4S. The normalized spacial score (nSPS) is 11.7. The Morgan fingerprint density at radius 1 is 1.27 bits per heavy atom. The highest BCUT2D eigenvalue weighted by molar-refractivity contribution is 7.07. The summed E-state index contributed by atoms with van der Waals surface area (Å²) >= 11 is 1.44. The minimum atomic E-state index is -1.11. The van der Waals surface area contributed by atoms with E-state index in [-0.39, 0.29) is 17.7 Å². The van der Waals surface area contributed by atoms with E-state index >= 15 is 0 Å². The highest BCUT2D eigenvalue weighted by Gasteiger charge is 2.28. The number of carbonyl (C=O) groups excluding carboxylic acids is 3. The minimum absolute atomic E-state index is 0.108. The number of nitrogens with zero attached hydrogens (tertiary/aromatic N) is 2. The molecule has 0 aliphatic carbocycles. The number of hydrogen-bond donors (Lipinski definition) is 2. The molecule has 26 heavy (non-hydrogen) atoms. The van der Waals surface area contributed by atoms with Crippen LogP contribution in [0.3, 0.4) is 0 Å². The molecule has 3 heterocycles. The van der Waals surface area contributed by atoms with Crippen LogP contribution in [-0.4, -0.2) is 33.8 Å². The number of aromatic nitrogens is 2. The van der Waals surface area contributed by atoms with Crippen LogP contribution >= 0.6 is 11.3 Å². The molecule has 0 bridgehead atoms. The summed E-state index contributed by atoms with van der Waals surface area (Å²) in [6, 6.07) is 5.87. The van der Waals surface area contributed by atoms with Gasteiger partial charge in [-0.3, -0.25) is 19.4 Å². The average Bonchev–Trinajstić information content (AvgIpc) is 3.32. The molecule has 2 amide bonds. The van der Waals surface area contributed by atoms with E-state index in [4.69, 9.17) is 10.3 Å². The van der Waals surface area contributed by atoms with Crippen LogP contribution in [0, 0.1) is 0 Å². The molecule has 0 fully saturated rings. The van der Waals surface area contributed by atoms with Gasteiger partial charge in [0.25, 0.3) is 11.8 Å². The standard InChI is InChI=1S/C17H14N4O4S/c18-16(23)15(22)13(7-10-4-6-26-9-10)20-17(24)11-8-25-21-14(11)12-3-1-2-5-19-12/h1-6,8-9,13H,7H2,(H2,18,23)(H,20,24). The van der Waals surface area contributed by atoms with Gasteiger partial charge in [0.1, 0.15) is 23.6 Å². The number of pyridine rings is 1. The first kappa shape index (κ1) is 17.5. The van der Waals surface area contributed by atoms with Gasteiger partial charge >= 0.3 is 0 Å². The van der Waals surface area contributed by atoms with E-state index < -0.39 is 23.6 Å². The number of primary amides is 1. The largest absolute Gasteiger partial charge is 0.363 e. The molecule has 1 unspecified atom stereocenters. The van der Waals surface area contributed by atoms with Crippen molar-refractivity contribution in [2.75, 3.05) is 0 Å². The van der Waals surface area contributed by atoms with Gasteiger partial charge in [0.2, 0.25) is 5.78 Å². The van der Waals surface area contributed by atoms with Crippen LogP contribution in [0.1, 0.15) is 15.9 Å². The average molecular weight is 370 g/mol. The second-order valence-electron chi connectivity index (χ2n) is 5.38. The van der Waals surface area contributed by atoms with Gasteiger partial charge in [0.15, 0.2) is 0 Å². The van der Waals surface area contributed by atoms with Crippen LogP contribution in [0.25, 0.3) is 11.4 Å². The lowest BCUT2D eigenvalue weighted by Crippen LogP contribution is -2.47. The summed E-state index contributed by atoms with van der Waals surface area (Å²) in [7, 11) is 0. The number of thiophene rings is 1. The van der Waals surface area contributed by atoms with Crippen LogP contribution in [0.15, 0.2) is 52.0 Å². The lowest BCUT2D eigenvalue weighted by atomic mass is 10.0. The Morgan fingerprint density at radius 3 is 2.77 bits per heavy atom. The number of carbonyl (C=O) groups is 3. The zero-order chi connectivity index (χ0) is 18.5. The van der Waals surface area contributed by atoms with Crippen molar-refractivity contribution in [3.63, 3.8) is 0 Å². The third-order valence-electron chi connectivity index (χ3n) is 3.61. The van der Waals surface area contributed by atoms with Crippen LogP contribution < -0.4 is 11.1 Å². The highest BCUT2D eigenvalue weighted by Crippen LogP contribution is 2.20. The van der Waals surface area contributed by atoms with E-state index in [1.54, 1.807) is 30.5 Å². The fourth-order valence-corrected chi connectivity index (χ4v) is 3.03. The highest BCUT2D eigenvalue weighted by atomic mass is 32.1. The number of Topliss-reactive ketones (excluding diaryl/α,β-unsaturated/α-hetero) is 1. The minimum Gasteiger partial charge on any atom is -0.363 e. The van der Waals surface area contributed by atoms with Gasteiger partial charge in [0, 0.05) is 12.6 Å². The molecule has 3 rings (SSSR count). The third-order valence-corrected chi connectivity index (χ3v) is 4.34. The van der Waals surface area contributed by atoms with E-state index in [2.05, 4.69) is 15.5 Å². The maximum atomic E-state index is 12.6. The van der Waals surface area contributed by atoms with Crippen LogP contribution in [0.5, 0.6) is 0 Å². The Bertz CT molecular complexity index is 921. The van der Waals surface area contributed by atoms with Gasteiger partial charge in [-0.05, 0) is 34.5 Å². The molecule has 1 atom stereocenters. The molecule has 8 nitrogen and oxygen atoms in total. The Kier molecular flexibility index (Phi) is 5.18. The van der Waals surface area contributed by atoms with Crippen molar-refractivity contribution in [3.05, 3.63) is 58.6 Å². The summed E-state index contributed by atoms with van der Waals surface area (Å²) in [6.07, 6.45) is 2.87. The molecule has 0 spiro atoms. The molecule has 0 saturated heterocycles. The van der Waals surface area contributed by atoms with Crippen molar-refractivity contribution in [1.82, 2.24) is 15.5 Å². The second kappa shape index (κ2) is 7.70. The number of nitrogens with one attached hydrogen (secondary N) is 1. The fraction of sp³-hybridized carbons (Fsp3) is 0.118. The van der Waals surface area contributed by atoms with Crippen molar-refractivity contribution in [2.24, 2.45) is 5.73 Å². The summed E-state index contributed by atoms with van der Waals surface area (Å²) < 4.78 is 4.89. The number of rotatable bonds is 7. The van der Waals surface area contributed by atoms with E-state index in [0.29, 0.717) is 5.69 Å². The van der Waals surface area contributed by atoms with E-state index in [9.17, 15) is 14.4 Å². The summed E-state index contributed by atoms with van der Waals surface area (Å²) in [5, 5.41) is 9.99. The van der Waals surface area contributed by atoms with Gasteiger partial charge in [-0.2, -0.15) is 11.3 Å². The summed E-state index contributed by atoms with van der Waals surface area (Å²) in [5.41, 5.74) is 6.71. The SMILES string of the molecule is NC(=O)C(=O)C(Cc1ccsc1)NC(=O)c1conc1-c1ccccn1. The molecule has 0 aromatic carbocycles. The van der Waals surface area contributed by atoms with E-state index in [1.165, 1.54) is 11.3 Å². The maximum Gasteiger partial charge on any atom is 0.287 e. The van der Waals surface area contributed by atoms with Crippen LogP contribution in [0.2, 0.25) is 0 Å². The number of ketones is 1. The van der Waals surface area contributed by atoms with Gasteiger partial charge in [-0.1, -0.05) is 11.2 Å². The van der Waals surface area contributed by atoms with Crippen molar-refractivity contribution >= 4 is 28.9 Å². The van der Waals surface area contributed by atoms with Crippen molar-refractivity contribution < 1.29 is 18.9 Å². The smallest absolute Gasteiger partial charge is 0.287 e. The molecule has 0 saturated carbocycles. The predicted molar refractivity (Wildman–Crippen MR) is 93.2 cm³/mol. The van der Waals surface area contributed by atoms with E-state index in [0.717, 1.165) is 11.8 Å². The Morgan fingerprint density at radius 2 is 2.12 bits per heavy atom. The first-order valence-electron chi connectivity index (χ1n) is 7.57. The maximum absolute atomic E-state index is 12.6. The van der Waals surface area contributed by atoms with Gasteiger partial charge in [-0.15, -0.1) is 0 Å². The zero-order valence-electron chi connectivity index (χ0n) is 13.4. The molecule has 3 aromatic heterocycles. The fourth-order valence-electron chi connectivity index (χ4n) is 2.35.